The summed E-state index contributed by atoms with van der Waals surface area (Å²) in [5, 5.41) is 0. The first-order valence-corrected chi connectivity index (χ1v) is 4.69. The van der Waals surface area contributed by atoms with Crippen LogP contribution in [0.25, 0.3) is 0 Å². The lowest BCUT2D eigenvalue weighted by molar-refractivity contribution is -0.0671. The zero-order chi connectivity index (χ0) is 10.2. The summed E-state index contributed by atoms with van der Waals surface area (Å²) < 4.78 is 10.4. The van der Waals surface area contributed by atoms with Crippen molar-refractivity contribution in [1.82, 2.24) is 0 Å². The van der Waals surface area contributed by atoms with Crippen LogP contribution >= 0.6 is 0 Å². The van der Waals surface area contributed by atoms with Crippen LogP contribution in [0.3, 0.4) is 0 Å². The number of hydrogen-bond donors (Lipinski definition) is 2. The van der Waals surface area contributed by atoms with E-state index in [0.29, 0.717) is 11.5 Å². The van der Waals surface area contributed by atoms with E-state index in [0.717, 1.165) is 12.8 Å². The van der Waals surface area contributed by atoms with Crippen LogP contribution in [-0.4, -0.2) is 6.03 Å². The Morgan fingerprint density at radius 3 is 2.64 bits per heavy atom. The van der Waals surface area contributed by atoms with Gasteiger partial charge in [0.2, 0.25) is 0 Å². The SMILES string of the molecule is CCCc1ccc2c(c1)OC(N)(N)O2. The monoisotopic (exact) mass is 194 g/mol. The van der Waals surface area contributed by atoms with Crippen LogP contribution in [0.5, 0.6) is 11.5 Å². The van der Waals surface area contributed by atoms with Gasteiger partial charge in [-0.25, -0.2) is 11.5 Å². The van der Waals surface area contributed by atoms with Crippen LogP contribution in [0, 0.1) is 0 Å². The van der Waals surface area contributed by atoms with Crippen molar-refractivity contribution in [2.24, 2.45) is 11.5 Å². The molecule has 0 fully saturated rings. The summed E-state index contributed by atoms with van der Waals surface area (Å²) in [5.74, 6) is 1.23. The fourth-order valence-corrected chi connectivity index (χ4v) is 1.53. The summed E-state index contributed by atoms with van der Waals surface area (Å²) in [5.41, 5.74) is 12.2. The van der Waals surface area contributed by atoms with Crippen molar-refractivity contribution in [2.75, 3.05) is 0 Å². The maximum Gasteiger partial charge on any atom is 0.376 e. The molecule has 0 atom stereocenters. The minimum absolute atomic E-state index is 0.606. The maximum atomic E-state index is 5.49. The summed E-state index contributed by atoms with van der Waals surface area (Å²) >= 11 is 0. The van der Waals surface area contributed by atoms with E-state index in [1.54, 1.807) is 0 Å². The number of ether oxygens (including phenoxy) is 2. The molecule has 14 heavy (non-hydrogen) atoms. The highest BCUT2D eigenvalue weighted by molar-refractivity contribution is 5.45. The third-order valence-corrected chi connectivity index (χ3v) is 2.09. The lowest BCUT2D eigenvalue weighted by atomic mass is 10.1. The van der Waals surface area contributed by atoms with E-state index in [1.165, 1.54) is 5.56 Å². The Kier molecular flexibility index (Phi) is 2.09. The quantitative estimate of drug-likeness (QED) is 0.687. The van der Waals surface area contributed by atoms with Crippen LogP contribution in [0.4, 0.5) is 0 Å². The lowest BCUT2D eigenvalue weighted by Gasteiger charge is -2.14. The van der Waals surface area contributed by atoms with Crippen LogP contribution in [0.1, 0.15) is 18.9 Å². The van der Waals surface area contributed by atoms with Crippen molar-refractivity contribution in [1.29, 1.82) is 0 Å². The Morgan fingerprint density at radius 2 is 1.93 bits per heavy atom. The molecular weight excluding hydrogens is 180 g/mol. The van der Waals surface area contributed by atoms with Gasteiger partial charge in [-0.2, -0.15) is 0 Å². The fraction of sp³-hybridized carbons (Fsp3) is 0.400. The van der Waals surface area contributed by atoms with E-state index < -0.39 is 6.03 Å². The lowest BCUT2D eigenvalue weighted by Crippen LogP contribution is -2.56. The van der Waals surface area contributed by atoms with Crippen LogP contribution in [0.15, 0.2) is 18.2 Å². The van der Waals surface area contributed by atoms with Gasteiger partial charge in [0.1, 0.15) is 0 Å². The average Bonchev–Trinajstić information content (AvgIpc) is 2.38. The summed E-state index contributed by atoms with van der Waals surface area (Å²) in [6.07, 6.45) is 2.11. The maximum absolute atomic E-state index is 5.49. The summed E-state index contributed by atoms with van der Waals surface area (Å²) in [4.78, 5) is 0. The van der Waals surface area contributed by atoms with Crippen LogP contribution < -0.4 is 20.9 Å². The average molecular weight is 194 g/mol. The van der Waals surface area contributed by atoms with Crippen molar-refractivity contribution in [3.05, 3.63) is 23.8 Å². The second-order valence-electron chi connectivity index (χ2n) is 3.46. The smallest absolute Gasteiger partial charge is 0.376 e. The zero-order valence-electron chi connectivity index (χ0n) is 8.12. The van der Waals surface area contributed by atoms with E-state index in [4.69, 9.17) is 20.9 Å². The third kappa shape index (κ3) is 1.66. The highest BCUT2D eigenvalue weighted by Crippen LogP contribution is 2.36. The number of fused-ring (bicyclic) bond motifs is 1. The molecule has 0 spiro atoms. The van der Waals surface area contributed by atoms with Gasteiger partial charge in [-0.05, 0) is 24.1 Å². The second kappa shape index (κ2) is 3.15. The molecule has 0 aromatic heterocycles. The van der Waals surface area contributed by atoms with Gasteiger partial charge in [0.05, 0.1) is 0 Å². The second-order valence-corrected chi connectivity index (χ2v) is 3.46. The Labute approximate surface area is 82.8 Å². The highest BCUT2D eigenvalue weighted by atomic mass is 16.8. The van der Waals surface area contributed by atoms with E-state index in [1.807, 2.05) is 18.2 Å². The van der Waals surface area contributed by atoms with Gasteiger partial charge in [-0.15, -0.1) is 0 Å². The standard InChI is InChI=1S/C10H14N2O2/c1-2-3-7-4-5-8-9(6-7)14-10(11,12)13-8/h4-6H,2-3,11-12H2,1H3. The van der Waals surface area contributed by atoms with Crippen LogP contribution in [0.2, 0.25) is 0 Å². The van der Waals surface area contributed by atoms with Gasteiger partial charge in [0, 0.05) is 0 Å². The molecule has 76 valence electrons. The molecule has 0 saturated heterocycles. The Balaban J connectivity index is 2.26. The molecule has 1 aliphatic heterocycles. The molecule has 0 unspecified atom stereocenters. The minimum Gasteiger partial charge on any atom is -0.424 e. The molecule has 4 nitrogen and oxygen atoms in total. The number of aryl methyl sites for hydroxylation is 1. The van der Waals surface area contributed by atoms with E-state index in [2.05, 4.69) is 6.92 Å². The first-order valence-electron chi connectivity index (χ1n) is 4.69. The van der Waals surface area contributed by atoms with Gasteiger partial charge < -0.3 is 9.47 Å². The van der Waals surface area contributed by atoms with Gasteiger partial charge in [-0.3, -0.25) is 0 Å². The topological polar surface area (TPSA) is 70.5 Å². The predicted molar refractivity (Wildman–Crippen MR) is 52.8 cm³/mol. The van der Waals surface area contributed by atoms with E-state index in [-0.39, 0.29) is 0 Å². The molecule has 0 aliphatic carbocycles. The molecule has 1 aromatic rings. The predicted octanol–water partition coefficient (Wildman–Crippen LogP) is 0.939. The Morgan fingerprint density at radius 1 is 1.21 bits per heavy atom. The molecule has 1 aromatic carbocycles. The normalized spacial score (nSPS) is 17.1. The Bertz CT molecular complexity index is 350. The number of hydrogen-bond acceptors (Lipinski definition) is 4. The van der Waals surface area contributed by atoms with Crippen molar-refractivity contribution < 1.29 is 9.47 Å². The molecular formula is C10H14N2O2. The van der Waals surface area contributed by atoms with E-state index in [9.17, 15) is 0 Å². The van der Waals surface area contributed by atoms with Crippen molar-refractivity contribution in [3.63, 3.8) is 0 Å². The molecule has 1 heterocycles. The molecule has 4 N–H and O–H groups in total. The molecule has 4 heteroatoms. The van der Waals surface area contributed by atoms with Crippen LogP contribution in [-0.2, 0) is 6.42 Å². The molecule has 0 saturated carbocycles. The number of rotatable bonds is 2. The molecule has 0 amide bonds. The third-order valence-electron chi connectivity index (χ3n) is 2.09. The van der Waals surface area contributed by atoms with Gasteiger partial charge in [0.25, 0.3) is 0 Å². The first kappa shape index (κ1) is 9.30. The summed E-state index contributed by atoms with van der Waals surface area (Å²) in [7, 11) is 0. The van der Waals surface area contributed by atoms with Gasteiger partial charge >= 0.3 is 6.03 Å². The number of benzene rings is 1. The zero-order valence-corrected chi connectivity index (χ0v) is 8.12. The largest absolute Gasteiger partial charge is 0.424 e. The first-order chi connectivity index (χ1) is 6.61. The van der Waals surface area contributed by atoms with Crippen molar-refractivity contribution >= 4 is 0 Å². The highest BCUT2D eigenvalue weighted by Gasteiger charge is 2.33. The van der Waals surface area contributed by atoms with Crippen molar-refractivity contribution in [2.45, 2.75) is 25.8 Å². The van der Waals surface area contributed by atoms with E-state index >= 15 is 0 Å². The van der Waals surface area contributed by atoms with Gasteiger partial charge in [-0.1, -0.05) is 19.4 Å². The van der Waals surface area contributed by atoms with Crippen molar-refractivity contribution in [3.8, 4) is 11.5 Å². The Hall–Kier alpha value is -1.26. The summed E-state index contributed by atoms with van der Waals surface area (Å²) in [6.45, 7) is 2.13. The fourth-order valence-electron chi connectivity index (χ4n) is 1.53. The molecule has 0 bridgehead atoms. The molecule has 0 radical (unpaired) electrons. The van der Waals surface area contributed by atoms with Gasteiger partial charge in [0.15, 0.2) is 11.5 Å². The molecule has 1 aliphatic rings. The number of nitrogens with two attached hydrogens (primary N) is 2. The summed E-state index contributed by atoms with van der Waals surface area (Å²) in [6, 6.07) is 4.24. The minimum atomic E-state index is -1.51. The molecule has 2 rings (SSSR count).